The summed E-state index contributed by atoms with van der Waals surface area (Å²) in [6, 6.07) is 18.3. The molecule has 0 aromatic heterocycles. The van der Waals surface area contributed by atoms with E-state index >= 15 is 0 Å². The van der Waals surface area contributed by atoms with Gasteiger partial charge in [-0.3, -0.25) is 0 Å². The summed E-state index contributed by atoms with van der Waals surface area (Å²) >= 11 is 7.63. The Hall–Kier alpha value is -1.18. The highest BCUT2D eigenvalue weighted by molar-refractivity contribution is 7.99. The van der Waals surface area contributed by atoms with Gasteiger partial charge in [0.05, 0.1) is 0 Å². The normalized spacial score (nSPS) is 10.9. The van der Waals surface area contributed by atoms with Gasteiger partial charge in [-0.15, -0.1) is 11.8 Å². The number of hydrogen-bond donors (Lipinski definition) is 0. The summed E-state index contributed by atoms with van der Waals surface area (Å²) in [7, 11) is 0. The van der Waals surface area contributed by atoms with Crippen molar-refractivity contribution >= 4 is 29.4 Å². The van der Waals surface area contributed by atoms with Gasteiger partial charge in [0.25, 0.3) is 0 Å². The zero-order chi connectivity index (χ0) is 11.9. The fraction of sp³-hybridized carbons (Fsp3) is 0.0667. The molecule has 0 aliphatic carbocycles. The number of thioether (sulfide) groups is 1. The van der Waals surface area contributed by atoms with Crippen LogP contribution in [0.1, 0.15) is 5.56 Å². The van der Waals surface area contributed by atoms with Crippen molar-refractivity contribution in [3.05, 3.63) is 71.3 Å². The molecule has 0 nitrogen and oxygen atoms in total. The smallest absolute Gasteiger partial charge is 0.0406 e. The Kier molecular flexibility index (Phi) is 4.72. The Morgan fingerprint density at radius 1 is 0.941 bits per heavy atom. The van der Waals surface area contributed by atoms with Crippen LogP contribution in [0.2, 0.25) is 5.02 Å². The predicted octanol–water partition coefficient (Wildman–Crippen LogP) is 5.15. The minimum absolute atomic E-state index is 0.786. The fourth-order valence-corrected chi connectivity index (χ4v) is 2.26. The van der Waals surface area contributed by atoms with Crippen molar-refractivity contribution in [3.8, 4) is 0 Å². The number of halogens is 1. The summed E-state index contributed by atoms with van der Waals surface area (Å²) in [5.74, 6) is 0.969. The molecule has 0 radical (unpaired) electrons. The number of benzene rings is 2. The molecule has 0 saturated carbocycles. The summed E-state index contributed by atoms with van der Waals surface area (Å²) in [5, 5.41) is 0.786. The van der Waals surface area contributed by atoms with Gasteiger partial charge in [0.15, 0.2) is 0 Å². The first-order valence-corrected chi connectivity index (χ1v) is 6.81. The zero-order valence-electron chi connectivity index (χ0n) is 9.34. The molecule has 17 heavy (non-hydrogen) atoms. The summed E-state index contributed by atoms with van der Waals surface area (Å²) in [4.78, 5) is 1.24. The van der Waals surface area contributed by atoms with E-state index in [9.17, 15) is 0 Å². The van der Waals surface area contributed by atoms with Crippen LogP contribution in [-0.4, -0.2) is 5.75 Å². The molecule has 0 heterocycles. The lowest BCUT2D eigenvalue weighted by molar-refractivity contribution is 1.46. The molecule has 2 heteroatoms. The molecule has 0 unspecified atom stereocenters. The van der Waals surface area contributed by atoms with Crippen LogP contribution in [0, 0.1) is 0 Å². The van der Waals surface area contributed by atoms with Crippen molar-refractivity contribution in [3.63, 3.8) is 0 Å². The molecule has 0 spiro atoms. The van der Waals surface area contributed by atoms with Crippen molar-refractivity contribution in [2.75, 3.05) is 5.75 Å². The Morgan fingerprint density at radius 2 is 1.65 bits per heavy atom. The number of rotatable bonds is 4. The summed E-state index contributed by atoms with van der Waals surface area (Å²) < 4.78 is 0. The summed E-state index contributed by atoms with van der Waals surface area (Å²) in [5.41, 5.74) is 1.24. The van der Waals surface area contributed by atoms with E-state index < -0.39 is 0 Å². The van der Waals surface area contributed by atoms with Crippen LogP contribution in [0.25, 0.3) is 6.08 Å². The third-order valence-electron chi connectivity index (χ3n) is 2.27. The molecule has 0 bridgehead atoms. The highest BCUT2D eigenvalue weighted by Crippen LogP contribution is 2.20. The quantitative estimate of drug-likeness (QED) is 0.686. The van der Waals surface area contributed by atoms with Gasteiger partial charge >= 0.3 is 0 Å². The standard InChI is InChI=1S/C15H13ClS/c16-14-8-10-15(11-9-14)17-12-4-7-13-5-2-1-3-6-13/h1-11H,12H2. The second-order valence-corrected chi connectivity index (χ2v) is 5.11. The molecule has 0 aliphatic rings. The minimum Gasteiger partial charge on any atom is -0.122 e. The molecule has 0 amide bonds. The Balaban J connectivity index is 1.84. The van der Waals surface area contributed by atoms with Crippen LogP contribution < -0.4 is 0 Å². The molecule has 86 valence electrons. The van der Waals surface area contributed by atoms with E-state index in [1.165, 1.54) is 10.5 Å². The van der Waals surface area contributed by atoms with E-state index in [1.807, 2.05) is 42.5 Å². The topological polar surface area (TPSA) is 0 Å². The van der Waals surface area contributed by atoms with Gasteiger partial charge in [-0.2, -0.15) is 0 Å². The molecule has 2 aromatic rings. The van der Waals surface area contributed by atoms with E-state index in [4.69, 9.17) is 11.6 Å². The van der Waals surface area contributed by atoms with Crippen LogP contribution in [0.3, 0.4) is 0 Å². The largest absolute Gasteiger partial charge is 0.122 e. The van der Waals surface area contributed by atoms with E-state index in [1.54, 1.807) is 11.8 Å². The van der Waals surface area contributed by atoms with Gasteiger partial charge < -0.3 is 0 Å². The fourth-order valence-electron chi connectivity index (χ4n) is 1.42. The van der Waals surface area contributed by atoms with E-state index in [0.29, 0.717) is 0 Å². The molecule has 2 rings (SSSR count). The van der Waals surface area contributed by atoms with Gasteiger partial charge in [-0.25, -0.2) is 0 Å². The molecular weight excluding hydrogens is 248 g/mol. The van der Waals surface area contributed by atoms with Crippen molar-refractivity contribution in [1.82, 2.24) is 0 Å². The molecule has 0 atom stereocenters. The third kappa shape index (κ3) is 4.29. The number of hydrogen-bond acceptors (Lipinski definition) is 1. The Bertz CT molecular complexity index is 474. The average Bonchev–Trinajstić information content (AvgIpc) is 2.38. The van der Waals surface area contributed by atoms with Crippen LogP contribution in [-0.2, 0) is 0 Å². The second kappa shape index (κ2) is 6.53. The Morgan fingerprint density at radius 3 is 2.35 bits per heavy atom. The second-order valence-electron chi connectivity index (χ2n) is 3.58. The van der Waals surface area contributed by atoms with Gasteiger partial charge in [0, 0.05) is 15.7 Å². The molecule has 0 N–H and O–H groups in total. The van der Waals surface area contributed by atoms with Gasteiger partial charge in [0.1, 0.15) is 0 Å². The Labute approximate surface area is 111 Å². The lowest BCUT2D eigenvalue weighted by atomic mass is 10.2. The minimum atomic E-state index is 0.786. The van der Waals surface area contributed by atoms with E-state index in [-0.39, 0.29) is 0 Å². The molecule has 0 aliphatic heterocycles. The van der Waals surface area contributed by atoms with E-state index in [2.05, 4.69) is 24.3 Å². The maximum atomic E-state index is 5.83. The molecule has 0 fully saturated rings. The first-order valence-electron chi connectivity index (χ1n) is 5.44. The van der Waals surface area contributed by atoms with Gasteiger partial charge in [-0.1, -0.05) is 54.1 Å². The first kappa shape index (κ1) is 12.3. The van der Waals surface area contributed by atoms with Gasteiger partial charge in [-0.05, 0) is 29.8 Å². The molecular formula is C15H13ClS. The maximum Gasteiger partial charge on any atom is 0.0406 e. The van der Waals surface area contributed by atoms with Gasteiger partial charge in [0.2, 0.25) is 0 Å². The monoisotopic (exact) mass is 260 g/mol. The third-order valence-corrected chi connectivity index (χ3v) is 3.49. The molecule has 2 aromatic carbocycles. The summed E-state index contributed by atoms with van der Waals surface area (Å²) in [6.07, 6.45) is 4.32. The van der Waals surface area contributed by atoms with Crippen LogP contribution in [0.15, 0.2) is 65.6 Å². The highest BCUT2D eigenvalue weighted by atomic mass is 35.5. The average molecular weight is 261 g/mol. The lowest BCUT2D eigenvalue weighted by Gasteiger charge is -1.98. The first-order chi connectivity index (χ1) is 8.34. The van der Waals surface area contributed by atoms with Crippen LogP contribution in [0.5, 0.6) is 0 Å². The summed E-state index contributed by atoms with van der Waals surface area (Å²) in [6.45, 7) is 0. The molecule has 0 saturated heterocycles. The van der Waals surface area contributed by atoms with Crippen molar-refractivity contribution in [2.45, 2.75) is 4.90 Å². The van der Waals surface area contributed by atoms with Crippen LogP contribution >= 0.6 is 23.4 Å². The van der Waals surface area contributed by atoms with Crippen molar-refractivity contribution in [1.29, 1.82) is 0 Å². The lowest BCUT2D eigenvalue weighted by Crippen LogP contribution is -1.74. The zero-order valence-corrected chi connectivity index (χ0v) is 10.9. The maximum absolute atomic E-state index is 5.83. The van der Waals surface area contributed by atoms with E-state index in [0.717, 1.165) is 10.8 Å². The predicted molar refractivity (Wildman–Crippen MR) is 77.7 cm³/mol. The SMILES string of the molecule is Clc1ccc(SCC=Cc2ccccc2)cc1. The van der Waals surface area contributed by atoms with Crippen molar-refractivity contribution < 1.29 is 0 Å². The van der Waals surface area contributed by atoms with Crippen LogP contribution in [0.4, 0.5) is 0 Å². The highest BCUT2D eigenvalue weighted by Gasteiger charge is 1.91. The van der Waals surface area contributed by atoms with Crippen molar-refractivity contribution in [2.24, 2.45) is 0 Å².